The molecule has 0 spiro atoms. The summed E-state index contributed by atoms with van der Waals surface area (Å²) in [6.07, 6.45) is 3.20. The van der Waals surface area contributed by atoms with Crippen molar-refractivity contribution < 1.29 is 14.3 Å². The quantitative estimate of drug-likeness (QED) is 0.857. The van der Waals surface area contributed by atoms with Crippen LogP contribution in [0.15, 0.2) is 18.2 Å². The normalized spacial score (nSPS) is 16.0. The predicted octanol–water partition coefficient (Wildman–Crippen LogP) is 1.88. The molecule has 0 radical (unpaired) electrons. The standard InChI is InChI=1S/C16H22ClN3O3/c1-23-10-14(18)15(21)19-11-5-6-12(13(17)9-11)16(22)20-7-3-2-4-8-20/h5-6,9,14H,2-4,7-8,10,18H2,1H3,(H,19,21). The Balaban J connectivity index is 2.05. The molecule has 1 saturated heterocycles. The van der Waals surface area contributed by atoms with E-state index in [9.17, 15) is 9.59 Å². The number of hydrogen-bond donors (Lipinski definition) is 2. The summed E-state index contributed by atoms with van der Waals surface area (Å²) in [6.45, 7) is 1.66. The van der Waals surface area contributed by atoms with Gasteiger partial charge in [0.1, 0.15) is 6.04 Å². The average molecular weight is 340 g/mol. The molecule has 23 heavy (non-hydrogen) atoms. The minimum absolute atomic E-state index is 0.0661. The van der Waals surface area contributed by atoms with Gasteiger partial charge in [0.05, 0.1) is 17.2 Å². The number of likely N-dealkylation sites (tertiary alicyclic amines) is 1. The zero-order chi connectivity index (χ0) is 16.8. The van der Waals surface area contributed by atoms with Crippen LogP contribution in [-0.4, -0.2) is 49.6 Å². The van der Waals surface area contributed by atoms with Gasteiger partial charge in [0.25, 0.3) is 5.91 Å². The number of nitrogens with zero attached hydrogens (tertiary/aromatic N) is 1. The monoisotopic (exact) mass is 339 g/mol. The maximum Gasteiger partial charge on any atom is 0.255 e. The number of methoxy groups -OCH3 is 1. The van der Waals surface area contributed by atoms with Crippen molar-refractivity contribution in [3.05, 3.63) is 28.8 Å². The lowest BCUT2D eigenvalue weighted by Crippen LogP contribution is -2.39. The first-order valence-corrected chi connectivity index (χ1v) is 8.05. The minimum Gasteiger partial charge on any atom is -0.383 e. The number of rotatable bonds is 5. The SMILES string of the molecule is COCC(N)C(=O)Nc1ccc(C(=O)N2CCCCC2)c(Cl)c1. The number of anilines is 1. The molecular weight excluding hydrogens is 318 g/mol. The van der Waals surface area contributed by atoms with E-state index in [0.29, 0.717) is 16.3 Å². The van der Waals surface area contributed by atoms with E-state index >= 15 is 0 Å². The number of carbonyl (C=O) groups is 2. The molecule has 1 aromatic rings. The molecule has 0 aliphatic carbocycles. The van der Waals surface area contributed by atoms with E-state index in [1.807, 2.05) is 4.90 Å². The summed E-state index contributed by atoms with van der Waals surface area (Å²) in [6, 6.07) is 4.10. The molecule has 1 fully saturated rings. The van der Waals surface area contributed by atoms with Crippen LogP contribution in [0.2, 0.25) is 5.02 Å². The zero-order valence-corrected chi connectivity index (χ0v) is 13.9. The molecule has 0 bridgehead atoms. The van der Waals surface area contributed by atoms with Crippen molar-refractivity contribution in [3.63, 3.8) is 0 Å². The topological polar surface area (TPSA) is 84.7 Å². The van der Waals surface area contributed by atoms with Crippen LogP contribution in [0.3, 0.4) is 0 Å². The number of halogens is 1. The molecule has 1 aliphatic rings. The molecule has 1 atom stereocenters. The average Bonchev–Trinajstić information content (AvgIpc) is 2.55. The maximum absolute atomic E-state index is 12.5. The third kappa shape index (κ3) is 4.67. The van der Waals surface area contributed by atoms with Gasteiger partial charge in [0.2, 0.25) is 5.91 Å². The van der Waals surface area contributed by atoms with Crippen molar-refractivity contribution in [1.29, 1.82) is 0 Å². The molecule has 1 heterocycles. The van der Waals surface area contributed by atoms with E-state index in [1.165, 1.54) is 7.11 Å². The molecule has 2 amide bonds. The Bertz CT molecular complexity index is 574. The number of piperidine rings is 1. The van der Waals surface area contributed by atoms with Crippen LogP contribution in [0, 0.1) is 0 Å². The van der Waals surface area contributed by atoms with Gasteiger partial charge in [0.15, 0.2) is 0 Å². The summed E-state index contributed by atoms with van der Waals surface area (Å²) in [5.74, 6) is -0.429. The van der Waals surface area contributed by atoms with Crippen molar-refractivity contribution in [2.75, 3.05) is 32.1 Å². The van der Waals surface area contributed by atoms with Gasteiger partial charge in [-0.3, -0.25) is 9.59 Å². The predicted molar refractivity (Wildman–Crippen MR) is 89.7 cm³/mol. The van der Waals surface area contributed by atoms with Crippen molar-refractivity contribution in [2.45, 2.75) is 25.3 Å². The fourth-order valence-electron chi connectivity index (χ4n) is 2.52. The summed E-state index contributed by atoms with van der Waals surface area (Å²) in [7, 11) is 1.48. The van der Waals surface area contributed by atoms with Gasteiger partial charge in [-0.05, 0) is 37.5 Å². The second kappa shape index (κ2) is 8.29. The smallest absolute Gasteiger partial charge is 0.255 e. The van der Waals surface area contributed by atoms with E-state index in [2.05, 4.69) is 5.32 Å². The van der Waals surface area contributed by atoms with Gasteiger partial charge in [-0.1, -0.05) is 11.6 Å². The molecule has 0 saturated carbocycles. The number of nitrogens with two attached hydrogens (primary N) is 1. The lowest BCUT2D eigenvalue weighted by Gasteiger charge is -2.27. The first-order chi connectivity index (χ1) is 11.0. The lowest BCUT2D eigenvalue weighted by atomic mass is 10.1. The highest BCUT2D eigenvalue weighted by Gasteiger charge is 2.21. The number of carbonyl (C=O) groups excluding carboxylic acids is 2. The molecular formula is C16H22ClN3O3. The van der Waals surface area contributed by atoms with Gasteiger partial charge >= 0.3 is 0 Å². The van der Waals surface area contributed by atoms with Crippen LogP contribution in [0.5, 0.6) is 0 Å². The van der Waals surface area contributed by atoms with Crippen LogP contribution >= 0.6 is 11.6 Å². The van der Waals surface area contributed by atoms with Gasteiger partial charge in [-0.15, -0.1) is 0 Å². The van der Waals surface area contributed by atoms with Crippen LogP contribution < -0.4 is 11.1 Å². The summed E-state index contributed by atoms with van der Waals surface area (Å²) in [5.41, 5.74) is 6.61. The summed E-state index contributed by atoms with van der Waals surface area (Å²) < 4.78 is 4.84. The van der Waals surface area contributed by atoms with Gasteiger partial charge < -0.3 is 20.7 Å². The number of amides is 2. The molecule has 2 rings (SSSR count). The fraction of sp³-hybridized carbons (Fsp3) is 0.500. The molecule has 126 valence electrons. The Labute approximate surface area is 140 Å². The van der Waals surface area contributed by atoms with E-state index in [0.717, 1.165) is 32.4 Å². The third-order valence-electron chi connectivity index (χ3n) is 3.79. The second-order valence-electron chi connectivity index (χ2n) is 5.60. The van der Waals surface area contributed by atoms with Crippen molar-refractivity contribution >= 4 is 29.1 Å². The molecule has 1 aromatic carbocycles. The van der Waals surface area contributed by atoms with Crippen LogP contribution in [0.25, 0.3) is 0 Å². The molecule has 1 aliphatic heterocycles. The summed E-state index contributed by atoms with van der Waals surface area (Å²) >= 11 is 6.21. The fourth-order valence-corrected chi connectivity index (χ4v) is 2.79. The number of benzene rings is 1. The van der Waals surface area contributed by atoms with E-state index in [1.54, 1.807) is 18.2 Å². The maximum atomic E-state index is 12.5. The van der Waals surface area contributed by atoms with Gasteiger partial charge in [0, 0.05) is 25.9 Å². The van der Waals surface area contributed by atoms with E-state index in [4.69, 9.17) is 22.1 Å². The Morgan fingerprint density at radius 3 is 2.65 bits per heavy atom. The molecule has 3 N–H and O–H groups in total. The molecule has 7 heteroatoms. The lowest BCUT2D eigenvalue weighted by molar-refractivity contribution is -0.118. The third-order valence-corrected chi connectivity index (χ3v) is 4.11. The Kier molecular flexibility index (Phi) is 6.38. The molecule has 1 unspecified atom stereocenters. The largest absolute Gasteiger partial charge is 0.383 e. The zero-order valence-electron chi connectivity index (χ0n) is 13.2. The Morgan fingerprint density at radius 1 is 1.35 bits per heavy atom. The Morgan fingerprint density at radius 2 is 2.04 bits per heavy atom. The van der Waals surface area contributed by atoms with Crippen molar-refractivity contribution in [2.24, 2.45) is 5.73 Å². The second-order valence-corrected chi connectivity index (χ2v) is 6.01. The van der Waals surface area contributed by atoms with Crippen LogP contribution in [-0.2, 0) is 9.53 Å². The van der Waals surface area contributed by atoms with Gasteiger partial charge in [-0.2, -0.15) is 0 Å². The highest BCUT2D eigenvalue weighted by Crippen LogP contribution is 2.24. The number of ether oxygens (including phenoxy) is 1. The molecule has 0 aromatic heterocycles. The first-order valence-electron chi connectivity index (χ1n) is 7.67. The summed E-state index contributed by atoms with van der Waals surface area (Å²) in [4.78, 5) is 26.1. The highest BCUT2D eigenvalue weighted by atomic mass is 35.5. The van der Waals surface area contributed by atoms with Crippen molar-refractivity contribution in [3.8, 4) is 0 Å². The number of hydrogen-bond acceptors (Lipinski definition) is 4. The van der Waals surface area contributed by atoms with E-state index in [-0.39, 0.29) is 18.4 Å². The van der Waals surface area contributed by atoms with E-state index < -0.39 is 6.04 Å². The number of nitrogens with one attached hydrogen (secondary N) is 1. The summed E-state index contributed by atoms with van der Waals surface area (Å²) in [5, 5.41) is 2.98. The first kappa shape index (κ1) is 17.7. The van der Waals surface area contributed by atoms with Crippen molar-refractivity contribution in [1.82, 2.24) is 4.90 Å². The molecule has 6 nitrogen and oxygen atoms in total. The van der Waals surface area contributed by atoms with Gasteiger partial charge in [-0.25, -0.2) is 0 Å². The minimum atomic E-state index is -0.756. The Hall–Kier alpha value is -1.63. The van der Waals surface area contributed by atoms with Crippen LogP contribution in [0.4, 0.5) is 5.69 Å². The highest BCUT2D eigenvalue weighted by molar-refractivity contribution is 6.34. The van der Waals surface area contributed by atoms with Crippen LogP contribution in [0.1, 0.15) is 29.6 Å².